The summed E-state index contributed by atoms with van der Waals surface area (Å²) in [6.45, 7) is 3.69. The van der Waals surface area contributed by atoms with Gasteiger partial charge in [0.25, 0.3) is 10.0 Å². The van der Waals surface area contributed by atoms with E-state index in [-0.39, 0.29) is 4.90 Å². The van der Waals surface area contributed by atoms with Crippen LogP contribution in [0.2, 0.25) is 0 Å². The molecule has 1 aromatic carbocycles. The van der Waals surface area contributed by atoms with Crippen LogP contribution in [0.5, 0.6) is 0 Å². The lowest BCUT2D eigenvalue weighted by Gasteiger charge is -2.08. The fourth-order valence-electron chi connectivity index (χ4n) is 1.10. The number of aryl methyl sites for hydroxylation is 2. The molecule has 0 atom stereocenters. The Kier molecular flexibility index (Phi) is 4.08. The Morgan fingerprint density at radius 3 is 2.41 bits per heavy atom. The molecule has 0 saturated carbocycles. The van der Waals surface area contributed by atoms with E-state index in [9.17, 15) is 13.2 Å². The molecular weight excluding hydrogens is 244 g/mol. The first-order valence-electron chi connectivity index (χ1n) is 4.80. The van der Waals surface area contributed by atoms with E-state index in [2.05, 4.69) is 4.74 Å². The molecule has 0 aromatic heterocycles. The van der Waals surface area contributed by atoms with Gasteiger partial charge in [-0.15, -0.1) is 4.83 Å². The molecule has 0 bridgehead atoms. The molecule has 0 unspecified atom stereocenters. The molecule has 94 valence electrons. The van der Waals surface area contributed by atoms with Gasteiger partial charge in [0.15, 0.2) is 0 Å². The third-order valence-electron chi connectivity index (χ3n) is 2.26. The quantitative estimate of drug-likeness (QED) is 0.787. The fourth-order valence-corrected chi connectivity index (χ4v) is 2.01. The van der Waals surface area contributed by atoms with E-state index < -0.39 is 16.1 Å². The number of ether oxygens (including phenoxy) is 1. The summed E-state index contributed by atoms with van der Waals surface area (Å²) in [6, 6.07) is 4.68. The van der Waals surface area contributed by atoms with Crippen LogP contribution in [0.3, 0.4) is 0 Å². The lowest BCUT2D eigenvalue weighted by Crippen LogP contribution is -2.41. The number of sulfonamides is 1. The van der Waals surface area contributed by atoms with Crippen LogP contribution in [0.4, 0.5) is 4.79 Å². The Balaban J connectivity index is 2.90. The minimum atomic E-state index is -3.77. The van der Waals surface area contributed by atoms with Crippen molar-refractivity contribution < 1.29 is 17.9 Å². The fraction of sp³-hybridized carbons (Fsp3) is 0.300. The van der Waals surface area contributed by atoms with E-state index >= 15 is 0 Å². The predicted octanol–water partition coefficient (Wildman–Crippen LogP) is 0.853. The summed E-state index contributed by atoms with van der Waals surface area (Å²) in [5.74, 6) is 0. The molecule has 0 heterocycles. The number of benzene rings is 1. The molecule has 0 fully saturated rings. The van der Waals surface area contributed by atoms with Crippen molar-refractivity contribution >= 4 is 16.1 Å². The Bertz CT molecular complexity index is 525. The highest BCUT2D eigenvalue weighted by atomic mass is 32.2. The SMILES string of the molecule is COC(=O)NNS(=O)(=O)c1ccc(C)c(C)c1. The summed E-state index contributed by atoms with van der Waals surface area (Å²) in [5, 5.41) is 0. The summed E-state index contributed by atoms with van der Waals surface area (Å²) in [6.07, 6.45) is -0.877. The van der Waals surface area contributed by atoms with Gasteiger partial charge in [-0.25, -0.2) is 18.6 Å². The maximum Gasteiger partial charge on any atom is 0.422 e. The Morgan fingerprint density at radius 2 is 1.88 bits per heavy atom. The van der Waals surface area contributed by atoms with Crippen molar-refractivity contribution in [1.29, 1.82) is 0 Å². The van der Waals surface area contributed by atoms with Crippen molar-refractivity contribution in [1.82, 2.24) is 10.3 Å². The van der Waals surface area contributed by atoms with Crippen LogP contribution in [0.15, 0.2) is 23.1 Å². The molecule has 0 spiro atoms. The second-order valence-corrected chi connectivity index (χ2v) is 5.15. The average molecular weight is 258 g/mol. The number of nitrogens with one attached hydrogen (secondary N) is 2. The van der Waals surface area contributed by atoms with E-state index in [4.69, 9.17) is 0 Å². The number of hydrogen-bond donors (Lipinski definition) is 2. The molecule has 17 heavy (non-hydrogen) atoms. The number of methoxy groups -OCH3 is 1. The van der Waals surface area contributed by atoms with E-state index in [1.165, 1.54) is 12.1 Å². The van der Waals surface area contributed by atoms with Gasteiger partial charge in [-0.05, 0) is 37.1 Å². The second kappa shape index (κ2) is 5.15. The zero-order valence-corrected chi connectivity index (χ0v) is 10.6. The Hall–Kier alpha value is -1.60. The highest BCUT2D eigenvalue weighted by Crippen LogP contribution is 2.13. The van der Waals surface area contributed by atoms with Gasteiger partial charge in [0.2, 0.25) is 0 Å². The van der Waals surface area contributed by atoms with Crippen molar-refractivity contribution in [2.24, 2.45) is 0 Å². The molecule has 0 aliphatic carbocycles. The van der Waals surface area contributed by atoms with Crippen molar-refractivity contribution in [2.75, 3.05) is 7.11 Å². The first-order chi connectivity index (χ1) is 7.86. The van der Waals surface area contributed by atoms with E-state index in [1.54, 1.807) is 6.07 Å². The summed E-state index contributed by atoms with van der Waals surface area (Å²) in [4.78, 5) is 12.8. The normalized spacial score (nSPS) is 11.0. The number of hydrogen-bond acceptors (Lipinski definition) is 4. The van der Waals surface area contributed by atoms with E-state index in [0.717, 1.165) is 18.2 Å². The monoisotopic (exact) mass is 258 g/mol. The van der Waals surface area contributed by atoms with Gasteiger partial charge in [0.1, 0.15) is 0 Å². The molecule has 0 saturated heterocycles. The number of amides is 1. The van der Waals surface area contributed by atoms with E-state index in [1.807, 2.05) is 24.1 Å². The number of rotatable bonds is 3. The van der Waals surface area contributed by atoms with Gasteiger partial charge >= 0.3 is 6.09 Å². The van der Waals surface area contributed by atoms with Crippen molar-refractivity contribution in [3.63, 3.8) is 0 Å². The Labute approximate surface area is 100.0 Å². The number of hydrazine groups is 1. The molecule has 2 N–H and O–H groups in total. The van der Waals surface area contributed by atoms with Crippen LogP contribution in [0, 0.1) is 13.8 Å². The van der Waals surface area contributed by atoms with Gasteiger partial charge in [0.05, 0.1) is 12.0 Å². The van der Waals surface area contributed by atoms with Crippen LogP contribution in [-0.4, -0.2) is 21.6 Å². The smallest absolute Gasteiger partial charge is 0.422 e. The zero-order chi connectivity index (χ0) is 13.1. The van der Waals surface area contributed by atoms with Crippen molar-refractivity contribution in [3.05, 3.63) is 29.3 Å². The van der Waals surface area contributed by atoms with Crippen LogP contribution in [0.25, 0.3) is 0 Å². The summed E-state index contributed by atoms with van der Waals surface area (Å²) in [7, 11) is -2.63. The maximum absolute atomic E-state index is 11.7. The second-order valence-electron chi connectivity index (χ2n) is 3.47. The maximum atomic E-state index is 11.7. The molecule has 0 radical (unpaired) electrons. The number of carbonyl (C=O) groups is 1. The molecule has 1 amide bonds. The number of carbonyl (C=O) groups excluding carboxylic acids is 1. The van der Waals surface area contributed by atoms with E-state index in [0.29, 0.717) is 0 Å². The van der Waals surface area contributed by atoms with Gasteiger partial charge in [-0.1, -0.05) is 6.07 Å². The minimum Gasteiger partial charge on any atom is -0.452 e. The topological polar surface area (TPSA) is 84.5 Å². The lowest BCUT2D eigenvalue weighted by atomic mass is 10.1. The first-order valence-corrected chi connectivity index (χ1v) is 6.28. The lowest BCUT2D eigenvalue weighted by molar-refractivity contribution is 0.169. The van der Waals surface area contributed by atoms with Crippen LogP contribution < -0.4 is 10.3 Å². The zero-order valence-electron chi connectivity index (χ0n) is 9.77. The van der Waals surface area contributed by atoms with Gasteiger partial charge in [-0.3, -0.25) is 0 Å². The summed E-state index contributed by atoms with van der Waals surface area (Å²) in [5.41, 5.74) is 3.75. The molecule has 7 heteroatoms. The van der Waals surface area contributed by atoms with Gasteiger partial charge in [-0.2, -0.15) is 0 Å². The third-order valence-corrected chi connectivity index (χ3v) is 3.51. The molecule has 0 aliphatic heterocycles. The highest BCUT2D eigenvalue weighted by Gasteiger charge is 2.15. The Morgan fingerprint density at radius 1 is 1.24 bits per heavy atom. The van der Waals surface area contributed by atoms with Crippen LogP contribution in [0.1, 0.15) is 11.1 Å². The molecular formula is C10H14N2O4S. The predicted molar refractivity (Wildman–Crippen MR) is 61.8 cm³/mol. The van der Waals surface area contributed by atoms with Crippen LogP contribution >= 0.6 is 0 Å². The standard InChI is InChI=1S/C10H14N2O4S/c1-7-4-5-9(6-8(7)2)17(14,15)12-11-10(13)16-3/h4-6,12H,1-3H3,(H,11,13). The largest absolute Gasteiger partial charge is 0.452 e. The summed E-state index contributed by atoms with van der Waals surface area (Å²) >= 11 is 0. The highest BCUT2D eigenvalue weighted by molar-refractivity contribution is 7.89. The van der Waals surface area contributed by atoms with Gasteiger partial charge < -0.3 is 4.74 Å². The molecule has 1 aromatic rings. The average Bonchev–Trinajstić information content (AvgIpc) is 2.29. The van der Waals surface area contributed by atoms with Gasteiger partial charge in [0, 0.05) is 0 Å². The van der Waals surface area contributed by atoms with Crippen molar-refractivity contribution in [3.8, 4) is 0 Å². The summed E-state index contributed by atoms with van der Waals surface area (Å²) < 4.78 is 27.7. The molecule has 1 rings (SSSR count). The minimum absolute atomic E-state index is 0.0806. The first kappa shape index (κ1) is 13.5. The third kappa shape index (κ3) is 3.43. The molecule has 0 aliphatic rings. The molecule has 6 nitrogen and oxygen atoms in total. The van der Waals surface area contributed by atoms with Crippen LogP contribution in [-0.2, 0) is 14.8 Å². The van der Waals surface area contributed by atoms with Crippen molar-refractivity contribution in [2.45, 2.75) is 18.7 Å².